The molecule has 0 N–H and O–H groups in total. The average molecular weight is 369 g/mol. The summed E-state index contributed by atoms with van der Waals surface area (Å²) >= 11 is 1.03. The van der Waals surface area contributed by atoms with Crippen LogP contribution in [0.2, 0.25) is 0 Å². The third-order valence-corrected chi connectivity index (χ3v) is 5.85. The van der Waals surface area contributed by atoms with Crippen molar-refractivity contribution in [2.75, 3.05) is 0 Å². The van der Waals surface area contributed by atoms with Gasteiger partial charge in [-0.3, -0.25) is 14.5 Å². The predicted octanol–water partition coefficient (Wildman–Crippen LogP) is 5.24. The van der Waals surface area contributed by atoms with Gasteiger partial charge in [-0.15, -0.1) is 0 Å². The lowest BCUT2D eigenvalue weighted by Crippen LogP contribution is -2.36. The molecule has 136 valence electrons. The molecule has 1 atom stereocenters. The second kappa shape index (κ2) is 7.16. The van der Waals surface area contributed by atoms with Crippen LogP contribution in [0, 0.1) is 20.8 Å². The summed E-state index contributed by atoms with van der Waals surface area (Å²) in [5.41, 5.74) is 5.46. The molecule has 26 heavy (non-hydrogen) atoms. The summed E-state index contributed by atoms with van der Waals surface area (Å²) in [6.45, 7) is 10.1. The van der Waals surface area contributed by atoms with E-state index in [1.165, 1.54) is 10.5 Å². The molecule has 1 aromatic carbocycles. The Labute approximate surface area is 158 Å². The number of aromatic nitrogens is 1. The van der Waals surface area contributed by atoms with Crippen LogP contribution in [0.5, 0.6) is 0 Å². The fourth-order valence-electron chi connectivity index (χ4n) is 3.30. The first-order chi connectivity index (χ1) is 12.3. The second-order valence-electron chi connectivity index (χ2n) is 6.76. The van der Waals surface area contributed by atoms with Crippen LogP contribution in [-0.2, 0) is 4.79 Å². The Morgan fingerprint density at radius 2 is 1.85 bits per heavy atom. The number of thioether (sulfide) groups is 1. The van der Waals surface area contributed by atoms with Gasteiger partial charge in [-0.1, -0.05) is 25.1 Å². The number of imide groups is 1. The van der Waals surface area contributed by atoms with Crippen molar-refractivity contribution in [1.82, 2.24) is 9.47 Å². The van der Waals surface area contributed by atoms with Gasteiger partial charge in [0.05, 0.1) is 4.91 Å². The van der Waals surface area contributed by atoms with Gasteiger partial charge in [0.2, 0.25) is 0 Å². The van der Waals surface area contributed by atoms with Crippen molar-refractivity contribution in [1.29, 1.82) is 0 Å². The van der Waals surface area contributed by atoms with E-state index in [0.717, 1.165) is 40.8 Å². The molecule has 1 fully saturated rings. The van der Waals surface area contributed by atoms with Crippen LogP contribution >= 0.6 is 11.8 Å². The van der Waals surface area contributed by atoms with Crippen LogP contribution in [-0.4, -0.2) is 26.7 Å². The molecular weight excluding hydrogens is 344 g/mol. The number of para-hydroxylation sites is 1. The monoisotopic (exact) mass is 368 g/mol. The van der Waals surface area contributed by atoms with Crippen molar-refractivity contribution >= 4 is 29.0 Å². The van der Waals surface area contributed by atoms with Crippen molar-refractivity contribution < 1.29 is 9.59 Å². The summed E-state index contributed by atoms with van der Waals surface area (Å²) in [5, 5.41) is -0.177. The van der Waals surface area contributed by atoms with Crippen molar-refractivity contribution in [3.8, 4) is 5.69 Å². The zero-order valence-electron chi connectivity index (χ0n) is 15.9. The van der Waals surface area contributed by atoms with E-state index in [9.17, 15) is 9.59 Å². The van der Waals surface area contributed by atoms with Crippen molar-refractivity contribution in [3.63, 3.8) is 0 Å². The van der Waals surface area contributed by atoms with E-state index in [1.54, 1.807) is 0 Å². The highest BCUT2D eigenvalue weighted by molar-refractivity contribution is 8.18. The predicted molar refractivity (Wildman–Crippen MR) is 108 cm³/mol. The SMILES string of the molecule is CC[C@@H](C)N1C(=O)S/C(=C/c2cc(C)n(-c3ccccc3C)c2C)C1=O. The molecule has 3 rings (SSSR count). The molecule has 5 heteroatoms. The number of carbonyl (C=O) groups is 2. The molecule has 2 heterocycles. The molecule has 0 bridgehead atoms. The minimum atomic E-state index is -0.185. The summed E-state index contributed by atoms with van der Waals surface area (Å²) < 4.78 is 2.19. The summed E-state index contributed by atoms with van der Waals surface area (Å²) in [7, 11) is 0. The fraction of sp³-hybridized carbons (Fsp3) is 0.333. The third kappa shape index (κ3) is 3.12. The lowest BCUT2D eigenvalue weighted by Gasteiger charge is -2.19. The molecule has 1 aromatic heterocycles. The van der Waals surface area contributed by atoms with Crippen LogP contribution in [0.3, 0.4) is 0 Å². The Balaban J connectivity index is 2.01. The van der Waals surface area contributed by atoms with Crippen LogP contribution in [0.4, 0.5) is 4.79 Å². The number of hydrogen-bond donors (Lipinski definition) is 0. The Morgan fingerprint density at radius 3 is 2.50 bits per heavy atom. The quantitative estimate of drug-likeness (QED) is 0.693. The maximum absolute atomic E-state index is 12.7. The first kappa shape index (κ1) is 18.5. The van der Waals surface area contributed by atoms with Crippen molar-refractivity contribution in [2.45, 2.75) is 47.1 Å². The first-order valence-electron chi connectivity index (χ1n) is 8.87. The summed E-state index contributed by atoms with van der Waals surface area (Å²) in [5.74, 6) is -0.185. The van der Waals surface area contributed by atoms with E-state index in [4.69, 9.17) is 0 Å². The van der Waals surface area contributed by atoms with Gasteiger partial charge in [-0.2, -0.15) is 0 Å². The minimum Gasteiger partial charge on any atom is -0.318 e. The van der Waals surface area contributed by atoms with E-state index in [2.05, 4.69) is 36.6 Å². The topological polar surface area (TPSA) is 42.3 Å². The minimum absolute atomic E-state index is 0.0761. The van der Waals surface area contributed by atoms with Crippen LogP contribution in [0.15, 0.2) is 35.2 Å². The Morgan fingerprint density at radius 1 is 1.15 bits per heavy atom. The molecule has 0 saturated carbocycles. The Hall–Kier alpha value is -2.27. The molecule has 0 spiro atoms. The molecule has 0 unspecified atom stereocenters. The number of carbonyl (C=O) groups excluding carboxylic acids is 2. The zero-order chi connectivity index (χ0) is 19.0. The highest BCUT2D eigenvalue weighted by atomic mass is 32.2. The van der Waals surface area contributed by atoms with E-state index < -0.39 is 0 Å². The summed E-state index contributed by atoms with van der Waals surface area (Å²) in [4.78, 5) is 26.8. The lowest BCUT2D eigenvalue weighted by atomic mass is 10.2. The van der Waals surface area contributed by atoms with E-state index in [-0.39, 0.29) is 17.2 Å². The van der Waals surface area contributed by atoms with E-state index in [0.29, 0.717) is 4.91 Å². The first-order valence-corrected chi connectivity index (χ1v) is 9.68. The highest BCUT2D eigenvalue weighted by Gasteiger charge is 2.37. The zero-order valence-corrected chi connectivity index (χ0v) is 16.7. The molecule has 1 aliphatic heterocycles. The standard InChI is InChI=1S/C21H24N2O2S/c1-6-14(3)23-20(24)19(26-21(23)25)12-17-11-15(4)22(16(17)5)18-10-8-7-9-13(18)2/h7-12,14H,6H2,1-5H3/b19-12+/t14-/m1/s1. The number of aryl methyl sites for hydroxylation is 2. The van der Waals surface area contributed by atoms with Gasteiger partial charge in [-0.25, -0.2) is 0 Å². The summed E-state index contributed by atoms with van der Waals surface area (Å²) in [6, 6.07) is 10.2. The van der Waals surface area contributed by atoms with Gasteiger partial charge in [0.15, 0.2) is 0 Å². The number of benzene rings is 1. The number of nitrogens with zero attached hydrogens (tertiary/aromatic N) is 2. The van der Waals surface area contributed by atoms with Crippen LogP contribution in [0.1, 0.15) is 42.8 Å². The van der Waals surface area contributed by atoms with E-state index in [1.807, 2.05) is 39.0 Å². The summed E-state index contributed by atoms with van der Waals surface area (Å²) in [6.07, 6.45) is 2.61. The Kier molecular flexibility index (Phi) is 5.10. The fourth-order valence-corrected chi connectivity index (χ4v) is 4.22. The maximum Gasteiger partial charge on any atom is 0.293 e. The highest BCUT2D eigenvalue weighted by Crippen LogP contribution is 2.35. The van der Waals surface area contributed by atoms with Crippen molar-refractivity contribution in [2.24, 2.45) is 0 Å². The van der Waals surface area contributed by atoms with Gasteiger partial charge in [0.1, 0.15) is 0 Å². The van der Waals surface area contributed by atoms with Gasteiger partial charge >= 0.3 is 0 Å². The van der Waals surface area contributed by atoms with Gasteiger partial charge in [0, 0.05) is 23.1 Å². The second-order valence-corrected chi connectivity index (χ2v) is 7.75. The molecule has 1 aliphatic rings. The lowest BCUT2D eigenvalue weighted by molar-refractivity contribution is -0.124. The number of rotatable bonds is 4. The number of amides is 2. The largest absolute Gasteiger partial charge is 0.318 e. The van der Waals surface area contributed by atoms with E-state index >= 15 is 0 Å². The smallest absolute Gasteiger partial charge is 0.293 e. The molecule has 2 aromatic rings. The molecule has 0 radical (unpaired) electrons. The van der Waals surface area contributed by atoms with Gasteiger partial charge < -0.3 is 4.57 Å². The maximum atomic E-state index is 12.7. The van der Waals surface area contributed by atoms with Crippen LogP contribution < -0.4 is 0 Å². The van der Waals surface area contributed by atoms with Crippen LogP contribution in [0.25, 0.3) is 11.8 Å². The molecule has 1 saturated heterocycles. The van der Waals surface area contributed by atoms with Gasteiger partial charge in [-0.05, 0) is 75.2 Å². The molecule has 4 nitrogen and oxygen atoms in total. The molecular formula is C21H24N2O2S. The Bertz CT molecular complexity index is 911. The van der Waals surface area contributed by atoms with Gasteiger partial charge in [0.25, 0.3) is 11.1 Å². The average Bonchev–Trinajstić information content (AvgIpc) is 3.04. The third-order valence-electron chi connectivity index (χ3n) is 4.97. The number of hydrogen-bond acceptors (Lipinski definition) is 3. The molecule has 0 aliphatic carbocycles. The normalized spacial score (nSPS) is 17.4. The van der Waals surface area contributed by atoms with Crippen molar-refractivity contribution in [3.05, 3.63) is 57.8 Å². The molecule has 2 amide bonds.